The summed E-state index contributed by atoms with van der Waals surface area (Å²) in [5.74, 6) is 0.912. The third-order valence-electron chi connectivity index (χ3n) is 4.75. The van der Waals surface area contributed by atoms with E-state index in [1.165, 1.54) is 4.88 Å². The number of fused-ring (bicyclic) bond motifs is 1. The van der Waals surface area contributed by atoms with Gasteiger partial charge < -0.3 is 18.9 Å². The lowest BCUT2D eigenvalue weighted by Gasteiger charge is -2.27. The lowest BCUT2D eigenvalue weighted by molar-refractivity contribution is 0.0296. The molecule has 0 unspecified atom stereocenters. The summed E-state index contributed by atoms with van der Waals surface area (Å²) in [6.45, 7) is 5.20. The predicted octanol–water partition coefficient (Wildman–Crippen LogP) is 3.54. The average molecular weight is 370 g/mol. The number of methoxy groups -OCH3 is 1. The number of thiophene rings is 1. The summed E-state index contributed by atoms with van der Waals surface area (Å²) in [5.41, 5.74) is 2.90. The summed E-state index contributed by atoms with van der Waals surface area (Å²) in [6, 6.07) is 12.2. The van der Waals surface area contributed by atoms with E-state index in [9.17, 15) is 4.79 Å². The molecule has 0 aliphatic carbocycles. The largest absolute Gasteiger partial charge is 0.496 e. The molecule has 26 heavy (non-hydrogen) atoms. The molecule has 3 heterocycles. The number of rotatable bonds is 4. The van der Waals surface area contributed by atoms with E-state index in [1.54, 1.807) is 18.4 Å². The lowest BCUT2D eigenvalue weighted by Crippen LogP contribution is -2.41. The average Bonchev–Trinajstić information content (AvgIpc) is 3.19. The fraction of sp³-hybridized carbons (Fsp3) is 0.350. The van der Waals surface area contributed by atoms with E-state index >= 15 is 0 Å². The van der Waals surface area contributed by atoms with Crippen LogP contribution in [0, 0.1) is 6.92 Å². The molecule has 1 aromatic carbocycles. The summed E-state index contributed by atoms with van der Waals surface area (Å²) < 4.78 is 14.2. The number of aryl methyl sites for hydroxylation is 1. The second-order valence-electron chi connectivity index (χ2n) is 6.44. The fourth-order valence-electron chi connectivity index (χ4n) is 3.44. The summed E-state index contributed by atoms with van der Waals surface area (Å²) in [6.07, 6.45) is 0. The van der Waals surface area contributed by atoms with Crippen LogP contribution in [0.2, 0.25) is 0 Å². The lowest BCUT2D eigenvalue weighted by atomic mass is 10.2. The van der Waals surface area contributed by atoms with Crippen molar-refractivity contribution in [1.29, 1.82) is 0 Å². The smallest absolute Gasteiger partial charge is 0.270 e. The Labute approximate surface area is 156 Å². The van der Waals surface area contributed by atoms with Gasteiger partial charge in [-0.15, -0.1) is 11.3 Å². The van der Waals surface area contributed by atoms with Gasteiger partial charge in [-0.3, -0.25) is 4.79 Å². The minimum Gasteiger partial charge on any atom is -0.496 e. The second-order valence-corrected chi connectivity index (χ2v) is 7.73. The van der Waals surface area contributed by atoms with Crippen molar-refractivity contribution in [2.75, 3.05) is 33.4 Å². The number of morpholine rings is 1. The van der Waals surface area contributed by atoms with Crippen LogP contribution >= 0.6 is 11.3 Å². The zero-order valence-corrected chi connectivity index (χ0v) is 15.8. The van der Waals surface area contributed by atoms with E-state index in [-0.39, 0.29) is 5.91 Å². The van der Waals surface area contributed by atoms with E-state index in [1.807, 2.05) is 35.2 Å². The van der Waals surface area contributed by atoms with Crippen molar-refractivity contribution < 1.29 is 14.3 Å². The second kappa shape index (κ2) is 7.13. The highest BCUT2D eigenvalue weighted by Crippen LogP contribution is 2.31. The molecular weight excluding hydrogens is 348 g/mol. The van der Waals surface area contributed by atoms with Gasteiger partial charge in [-0.1, -0.05) is 18.2 Å². The van der Waals surface area contributed by atoms with Gasteiger partial charge in [-0.25, -0.2) is 0 Å². The van der Waals surface area contributed by atoms with E-state index in [0.717, 1.165) is 27.2 Å². The molecule has 6 heteroatoms. The molecule has 1 fully saturated rings. The highest BCUT2D eigenvalue weighted by molar-refractivity contribution is 7.19. The van der Waals surface area contributed by atoms with Gasteiger partial charge in [0.05, 0.1) is 37.1 Å². The molecule has 136 valence electrons. The number of benzene rings is 1. The van der Waals surface area contributed by atoms with Gasteiger partial charge in [0, 0.05) is 23.5 Å². The molecule has 1 aliphatic heterocycles. The maximum atomic E-state index is 13.1. The van der Waals surface area contributed by atoms with Crippen LogP contribution in [0.25, 0.3) is 10.2 Å². The molecule has 1 amide bonds. The molecule has 0 bridgehead atoms. The first kappa shape index (κ1) is 17.1. The van der Waals surface area contributed by atoms with Gasteiger partial charge in [-0.2, -0.15) is 0 Å². The number of aromatic nitrogens is 1. The molecule has 5 nitrogen and oxygen atoms in total. The number of nitrogens with zero attached hydrogens (tertiary/aromatic N) is 2. The Morgan fingerprint density at radius 2 is 2.00 bits per heavy atom. The molecule has 0 spiro atoms. The molecule has 2 aromatic heterocycles. The molecule has 3 aromatic rings. The highest BCUT2D eigenvalue weighted by Gasteiger charge is 2.24. The minimum absolute atomic E-state index is 0.0734. The van der Waals surface area contributed by atoms with Crippen LogP contribution in [0.5, 0.6) is 5.75 Å². The molecule has 1 saturated heterocycles. The normalized spacial score (nSPS) is 14.8. The van der Waals surface area contributed by atoms with Crippen LogP contribution in [0.4, 0.5) is 0 Å². The standard InChI is InChI=1S/C20H22N2O3S/c1-14-11-16-19(26-14)12-17(20(23)21-7-9-25-10-8-21)22(16)13-15-5-3-4-6-18(15)24-2/h3-6,11-12H,7-10,13H2,1-2H3. The molecule has 0 saturated carbocycles. The summed E-state index contributed by atoms with van der Waals surface area (Å²) >= 11 is 1.72. The van der Waals surface area contributed by atoms with Crippen LogP contribution in [0.15, 0.2) is 36.4 Å². The highest BCUT2D eigenvalue weighted by atomic mass is 32.1. The number of carbonyl (C=O) groups is 1. The molecule has 0 N–H and O–H groups in total. The summed E-state index contributed by atoms with van der Waals surface area (Å²) in [5, 5.41) is 0. The van der Waals surface area contributed by atoms with E-state index in [4.69, 9.17) is 9.47 Å². The monoisotopic (exact) mass is 370 g/mol. The maximum absolute atomic E-state index is 13.1. The van der Waals surface area contributed by atoms with Crippen molar-refractivity contribution in [2.45, 2.75) is 13.5 Å². The first-order valence-electron chi connectivity index (χ1n) is 8.76. The molecular formula is C20H22N2O3S. The van der Waals surface area contributed by atoms with Gasteiger partial charge >= 0.3 is 0 Å². The third-order valence-corrected chi connectivity index (χ3v) is 5.74. The van der Waals surface area contributed by atoms with Gasteiger partial charge in [0.2, 0.25) is 0 Å². The van der Waals surface area contributed by atoms with Crippen LogP contribution in [0.1, 0.15) is 20.9 Å². The number of hydrogen-bond acceptors (Lipinski definition) is 4. The number of amides is 1. The fourth-order valence-corrected chi connectivity index (χ4v) is 4.41. The maximum Gasteiger partial charge on any atom is 0.270 e. The molecule has 4 rings (SSSR count). The van der Waals surface area contributed by atoms with Crippen molar-refractivity contribution >= 4 is 27.5 Å². The predicted molar refractivity (Wildman–Crippen MR) is 103 cm³/mol. The van der Waals surface area contributed by atoms with Crippen LogP contribution in [-0.4, -0.2) is 48.8 Å². The van der Waals surface area contributed by atoms with Crippen molar-refractivity contribution in [1.82, 2.24) is 9.47 Å². The van der Waals surface area contributed by atoms with Gasteiger partial charge in [0.15, 0.2) is 0 Å². The van der Waals surface area contributed by atoms with E-state index in [2.05, 4.69) is 17.6 Å². The Hall–Kier alpha value is -2.31. The van der Waals surface area contributed by atoms with Crippen molar-refractivity contribution in [2.24, 2.45) is 0 Å². The van der Waals surface area contributed by atoms with Gasteiger partial charge in [0.25, 0.3) is 5.91 Å². The van der Waals surface area contributed by atoms with Crippen LogP contribution < -0.4 is 4.74 Å². The third kappa shape index (κ3) is 3.10. The zero-order valence-electron chi connectivity index (χ0n) is 15.0. The van der Waals surface area contributed by atoms with Crippen LogP contribution in [-0.2, 0) is 11.3 Å². The zero-order chi connectivity index (χ0) is 18.1. The number of ether oxygens (including phenoxy) is 2. The summed E-state index contributed by atoms with van der Waals surface area (Å²) in [4.78, 5) is 16.3. The Kier molecular flexibility index (Phi) is 4.70. The van der Waals surface area contributed by atoms with Crippen molar-refractivity contribution in [3.8, 4) is 5.75 Å². The summed E-state index contributed by atoms with van der Waals surface area (Å²) in [7, 11) is 1.68. The van der Waals surface area contributed by atoms with Crippen molar-refractivity contribution in [3.63, 3.8) is 0 Å². The Balaban J connectivity index is 1.77. The Bertz CT molecular complexity index is 938. The first-order valence-corrected chi connectivity index (χ1v) is 9.57. The quantitative estimate of drug-likeness (QED) is 0.706. The minimum atomic E-state index is 0.0734. The Morgan fingerprint density at radius 3 is 2.77 bits per heavy atom. The van der Waals surface area contributed by atoms with Gasteiger partial charge in [-0.05, 0) is 25.1 Å². The van der Waals surface area contributed by atoms with E-state index < -0.39 is 0 Å². The number of carbonyl (C=O) groups excluding carboxylic acids is 1. The van der Waals surface area contributed by atoms with Crippen molar-refractivity contribution in [3.05, 3.63) is 52.5 Å². The van der Waals surface area contributed by atoms with Crippen LogP contribution in [0.3, 0.4) is 0 Å². The van der Waals surface area contributed by atoms with E-state index in [0.29, 0.717) is 32.8 Å². The topological polar surface area (TPSA) is 43.7 Å². The number of para-hydroxylation sites is 1. The Morgan fingerprint density at radius 1 is 1.23 bits per heavy atom. The SMILES string of the molecule is COc1ccccc1Cn1c(C(=O)N2CCOCC2)cc2sc(C)cc21. The molecule has 1 aliphatic rings. The first-order chi connectivity index (χ1) is 12.7. The molecule has 0 atom stereocenters. The van der Waals surface area contributed by atoms with Gasteiger partial charge in [0.1, 0.15) is 11.4 Å². The number of hydrogen-bond donors (Lipinski definition) is 0. The molecule has 0 radical (unpaired) electrons.